The minimum absolute atomic E-state index is 0.00484. The van der Waals surface area contributed by atoms with Gasteiger partial charge in [-0.2, -0.15) is 50.7 Å². The second kappa shape index (κ2) is 33.9. The average Bonchev–Trinajstić information content (AvgIpc) is 1.59. The summed E-state index contributed by atoms with van der Waals surface area (Å²) in [6.45, 7) is 10.9. The fourth-order valence-corrected chi connectivity index (χ4v) is 15.3. The highest BCUT2D eigenvalue weighted by atomic mass is 32.2. The Balaban J connectivity index is 1.39. The van der Waals surface area contributed by atoms with E-state index < -0.39 is 117 Å². The Morgan fingerprint density at radius 3 is 1.46 bits per heavy atom. The summed E-state index contributed by atoms with van der Waals surface area (Å²) in [5, 5.41) is 48.3. The summed E-state index contributed by atoms with van der Waals surface area (Å²) in [6, 6.07) is 20.7. The van der Waals surface area contributed by atoms with Gasteiger partial charge in [0.1, 0.15) is 68.4 Å². The number of nitriles is 2. The number of carbonyl (C=O) groups is 5. The van der Waals surface area contributed by atoms with Crippen molar-refractivity contribution in [1.29, 1.82) is 10.5 Å². The lowest BCUT2D eigenvalue weighted by Crippen LogP contribution is -2.22. The molecule has 7 rings (SSSR count). The topological polar surface area (TPSA) is 518 Å². The number of thioether (sulfide) groups is 1. The predicted molar refractivity (Wildman–Crippen MR) is 378 cm³/mol. The standard InChI is InChI=1S/C61H63N17O17S6/c1-9-77(10-2)46-25-42(44(27-48(46)93-7)73-75-57-40(29-62)52(100(87,88)89)50(97-57)23-38(32(5)79)55(82)66-35-16-13-15-34(21-35)54(65)81)68-59-70-60(72-61(71-59)96-19-20-99(84,85)86)69-43-26-47(78(11-3)12-4)49(94-8)28-45(43)74-76-58-41(30-63)53(101(90,91)92)51(98-58)24-39(33(6)80)56(83)67-36-17-14-18-37(22-36)95-31-64/h13-18,21-28H,9-12,19-20,31,64H2,1-8H3,(H2,65,81)(H,66,82)(H,67,83)(H,84,85,86)(H,87,88,89)(H,90,91,92)(H2,68,69,70,71,72)/b38-23-,39-24+,75-73?,76-74?. The van der Waals surface area contributed by atoms with Crippen molar-refractivity contribution < 1.29 is 77.1 Å². The van der Waals surface area contributed by atoms with E-state index in [1.807, 2.05) is 37.5 Å². The molecule has 0 atom stereocenters. The number of nitrogens with zero attached hydrogens (tertiary/aromatic N) is 11. The number of aromatic nitrogens is 3. The van der Waals surface area contributed by atoms with E-state index in [1.165, 1.54) is 68.8 Å². The van der Waals surface area contributed by atoms with Crippen LogP contribution < -0.4 is 56.7 Å². The number of hydrogen-bond donors (Lipinski definition) is 9. The van der Waals surface area contributed by atoms with Crippen LogP contribution >= 0.6 is 34.4 Å². The summed E-state index contributed by atoms with van der Waals surface area (Å²) >= 11 is 1.66. The minimum Gasteiger partial charge on any atom is -0.494 e. The molecule has 0 saturated carbocycles. The van der Waals surface area contributed by atoms with Crippen LogP contribution in [0.15, 0.2) is 119 Å². The van der Waals surface area contributed by atoms with Crippen molar-refractivity contribution in [3.63, 3.8) is 0 Å². The van der Waals surface area contributed by atoms with Gasteiger partial charge in [0, 0.05) is 67.1 Å². The molecule has 0 aliphatic rings. The second-order valence-electron chi connectivity index (χ2n) is 20.5. The first-order valence-electron chi connectivity index (χ1n) is 29.5. The number of rotatable bonds is 33. The van der Waals surface area contributed by atoms with E-state index in [4.69, 9.17) is 25.7 Å². The maximum Gasteiger partial charge on any atom is 0.297 e. The van der Waals surface area contributed by atoms with Gasteiger partial charge in [-0.05, 0) is 96.2 Å². The molecule has 40 heteroatoms. The summed E-state index contributed by atoms with van der Waals surface area (Å²) in [7, 11) is -12.5. The molecule has 101 heavy (non-hydrogen) atoms. The Morgan fingerprint density at radius 2 is 1.08 bits per heavy atom. The monoisotopic (exact) mass is 1500 g/mol. The van der Waals surface area contributed by atoms with E-state index in [2.05, 4.69) is 56.7 Å². The lowest BCUT2D eigenvalue weighted by molar-refractivity contribution is -0.120. The predicted octanol–water partition coefficient (Wildman–Crippen LogP) is 9.85. The van der Waals surface area contributed by atoms with E-state index in [-0.39, 0.29) is 86.5 Å². The van der Waals surface area contributed by atoms with Gasteiger partial charge in [0.15, 0.2) is 26.7 Å². The van der Waals surface area contributed by atoms with Crippen LogP contribution in [0.1, 0.15) is 72.8 Å². The molecule has 11 N–H and O–H groups in total. The first-order valence-corrected chi connectivity index (χ1v) is 36.6. The molecule has 0 aliphatic carbocycles. The second-order valence-corrected chi connectivity index (χ2v) is 27.9. The summed E-state index contributed by atoms with van der Waals surface area (Å²) < 4.78 is 124. The number of hydrogen-bond acceptors (Lipinski definition) is 31. The largest absolute Gasteiger partial charge is 0.494 e. The fraction of sp³-hybridized carbons (Fsp3) is 0.246. The lowest BCUT2D eigenvalue weighted by Gasteiger charge is -2.25. The Labute approximate surface area is 590 Å². The number of thiophene rings is 2. The summed E-state index contributed by atoms with van der Waals surface area (Å²) in [6.07, 6.45) is 1.69. The van der Waals surface area contributed by atoms with Gasteiger partial charge < -0.3 is 51.0 Å². The Morgan fingerprint density at radius 1 is 0.644 bits per heavy atom. The van der Waals surface area contributed by atoms with Crippen molar-refractivity contribution in [3.8, 4) is 29.4 Å². The molecule has 7 aromatic rings. The summed E-state index contributed by atoms with van der Waals surface area (Å²) in [5.41, 5.74) is 9.04. The number of ketones is 2. The molecule has 4 aromatic carbocycles. The quantitative estimate of drug-likeness (QED) is 0.00351. The third-order valence-electron chi connectivity index (χ3n) is 14.0. The number of methoxy groups -OCH3 is 2. The summed E-state index contributed by atoms with van der Waals surface area (Å²) in [4.78, 5) is 79.8. The highest BCUT2D eigenvalue weighted by molar-refractivity contribution is 8.00. The van der Waals surface area contributed by atoms with Crippen LogP contribution in [0, 0.1) is 22.7 Å². The number of nitrogens with two attached hydrogens (primary N) is 2. The first-order chi connectivity index (χ1) is 47.8. The zero-order valence-corrected chi connectivity index (χ0v) is 59.5. The van der Waals surface area contributed by atoms with Crippen molar-refractivity contribution in [3.05, 3.63) is 110 Å². The summed E-state index contributed by atoms with van der Waals surface area (Å²) in [5.74, 6) is -5.68. The van der Waals surface area contributed by atoms with Crippen LogP contribution in [-0.2, 0) is 49.5 Å². The zero-order valence-electron chi connectivity index (χ0n) is 54.6. The molecule has 0 bridgehead atoms. The third-order valence-corrected chi connectivity index (χ3v) is 20.0. The van der Waals surface area contributed by atoms with Gasteiger partial charge in [0.2, 0.25) is 17.8 Å². The molecule has 0 aliphatic heterocycles. The molecular formula is C61H63N17O17S6. The SMILES string of the molecule is CCN(CC)c1cc(Nc2nc(Nc3cc(N(CC)CC)c(OC)cc3N=Nc3sc(/C=C(\C(C)=O)C(=O)Nc4cccc(OCN)c4)c(S(=O)(=O)O)c3C#N)nc(SCCS(=O)(=O)O)n2)c(N=Nc2sc(/C=C(/C(C)=O)C(=O)Nc3cccc(C(N)=O)c3)c(S(=O)(=O)O)c2C#N)cc1OC. The molecule has 0 spiro atoms. The molecule has 3 aromatic heterocycles. The molecular weight excluding hydrogens is 1440 g/mol. The smallest absolute Gasteiger partial charge is 0.297 e. The highest BCUT2D eigenvalue weighted by Crippen LogP contribution is 2.46. The van der Waals surface area contributed by atoms with Gasteiger partial charge in [-0.3, -0.25) is 43.4 Å². The van der Waals surface area contributed by atoms with E-state index in [9.17, 15) is 73.4 Å². The van der Waals surface area contributed by atoms with Crippen molar-refractivity contribution in [2.24, 2.45) is 31.9 Å². The number of azo groups is 2. The molecule has 3 heterocycles. The first kappa shape index (κ1) is 77.7. The number of nitrogens with one attached hydrogen (secondary N) is 4. The van der Waals surface area contributed by atoms with Gasteiger partial charge in [-0.1, -0.05) is 23.9 Å². The number of Topliss-reactive ketones (excluding diaryl/α,β-unsaturated/α-hetero) is 2. The van der Waals surface area contributed by atoms with Crippen molar-refractivity contribution >= 4 is 174 Å². The molecule has 3 amide bonds. The minimum atomic E-state index is -5.35. The maximum absolute atomic E-state index is 13.7. The number of benzene rings is 4. The number of primary amides is 1. The Kier molecular flexibility index (Phi) is 26.1. The fourth-order valence-electron chi connectivity index (χ4n) is 9.35. The number of anilines is 8. The number of amides is 3. The van der Waals surface area contributed by atoms with Gasteiger partial charge in [-0.25, -0.2) is 0 Å². The van der Waals surface area contributed by atoms with Crippen LogP contribution in [0.3, 0.4) is 0 Å². The van der Waals surface area contributed by atoms with Gasteiger partial charge in [-0.15, -0.1) is 43.1 Å². The van der Waals surface area contributed by atoms with Crippen molar-refractivity contribution in [2.75, 3.05) is 89.7 Å². The van der Waals surface area contributed by atoms with Crippen molar-refractivity contribution in [1.82, 2.24) is 15.0 Å². The molecule has 530 valence electrons. The van der Waals surface area contributed by atoms with Crippen LogP contribution in [0.5, 0.6) is 17.2 Å². The van der Waals surface area contributed by atoms with E-state index in [0.717, 1.165) is 37.8 Å². The average molecular weight is 1500 g/mol. The molecule has 0 unspecified atom stereocenters. The molecule has 0 fully saturated rings. The van der Waals surface area contributed by atoms with Gasteiger partial charge in [0.05, 0.1) is 63.6 Å². The highest BCUT2D eigenvalue weighted by Gasteiger charge is 2.31. The third kappa shape index (κ3) is 19.8. The van der Waals surface area contributed by atoms with Crippen molar-refractivity contribution in [2.45, 2.75) is 56.5 Å². The molecule has 0 saturated heterocycles. The normalized spacial score (nSPS) is 12.0. The van der Waals surface area contributed by atoms with E-state index in [0.29, 0.717) is 60.2 Å². The lowest BCUT2D eigenvalue weighted by atomic mass is 10.1. The van der Waals surface area contributed by atoms with Gasteiger partial charge >= 0.3 is 0 Å². The number of ether oxygens (including phenoxy) is 3. The molecule has 0 radical (unpaired) electrons. The van der Waals surface area contributed by atoms with E-state index in [1.54, 1.807) is 30.3 Å². The zero-order chi connectivity index (χ0) is 74.3. The van der Waals surface area contributed by atoms with Crippen LogP contribution in [0.4, 0.5) is 67.4 Å². The Bertz CT molecular complexity index is 4980. The Hall–Kier alpha value is -10.7. The van der Waals surface area contributed by atoms with E-state index >= 15 is 0 Å². The number of carbonyl (C=O) groups excluding carboxylic acids is 5. The maximum atomic E-state index is 13.7. The van der Waals surface area contributed by atoms with Crippen LogP contribution in [-0.4, -0.2) is 142 Å². The molecule has 34 nitrogen and oxygen atoms in total. The van der Waals surface area contributed by atoms with Crippen LogP contribution in [0.2, 0.25) is 0 Å². The van der Waals surface area contributed by atoms with Gasteiger partial charge in [0.25, 0.3) is 42.2 Å². The van der Waals surface area contributed by atoms with Crippen LogP contribution in [0.25, 0.3) is 12.2 Å².